The van der Waals surface area contributed by atoms with Gasteiger partial charge in [0.05, 0.1) is 11.6 Å². The number of anilines is 2. The highest BCUT2D eigenvalue weighted by Gasteiger charge is 2.39. The standard InChI is InChI=1S/C32H40F4N8O4/c1-7-44(20-8-10-42(11-9-20)29-40-27(41-48-29)32(6,35)36)26(45)19-14-37-28(38-15-19)43-16-22(21-12-18(2)23(33)13-24(21)34)25(17-43)39-30(46)47-31(3,4)5/h12-15,20,22,25H,7-11,16-17H2,1-6H3,(H,39,46)/t22-,25+/m1/s1. The largest absolute Gasteiger partial charge is 0.444 e. The van der Waals surface area contributed by atoms with Gasteiger partial charge in [0.25, 0.3) is 5.91 Å². The van der Waals surface area contributed by atoms with Crippen LogP contribution in [0, 0.1) is 18.6 Å². The van der Waals surface area contributed by atoms with E-state index in [9.17, 15) is 22.8 Å². The predicted molar refractivity (Wildman–Crippen MR) is 167 cm³/mol. The van der Waals surface area contributed by atoms with E-state index in [1.54, 1.807) is 42.4 Å². The van der Waals surface area contributed by atoms with E-state index in [0.29, 0.717) is 39.4 Å². The fourth-order valence-electron chi connectivity index (χ4n) is 6.07. The van der Waals surface area contributed by atoms with Crippen molar-refractivity contribution in [2.24, 2.45) is 0 Å². The Morgan fingerprint density at radius 3 is 2.29 bits per heavy atom. The Morgan fingerprint density at radius 2 is 1.71 bits per heavy atom. The summed E-state index contributed by atoms with van der Waals surface area (Å²) in [5.41, 5.74) is 0.0412. The number of piperidine rings is 1. The average Bonchev–Trinajstić information content (AvgIpc) is 3.67. The first-order valence-electron chi connectivity index (χ1n) is 15.8. The Labute approximate surface area is 275 Å². The van der Waals surface area contributed by atoms with Crippen LogP contribution in [-0.2, 0) is 10.7 Å². The van der Waals surface area contributed by atoms with Gasteiger partial charge < -0.3 is 29.3 Å². The van der Waals surface area contributed by atoms with Gasteiger partial charge in [-0.25, -0.2) is 23.5 Å². The van der Waals surface area contributed by atoms with Crippen LogP contribution in [-0.4, -0.2) is 87.4 Å². The first kappa shape index (κ1) is 34.8. The number of benzene rings is 1. The third-order valence-corrected chi connectivity index (χ3v) is 8.45. The molecule has 2 aliphatic rings. The Kier molecular flexibility index (Phi) is 9.83. The molecule has 0 saturated carbocycles. The van der Waals surface area contributed by atoms with Crippen molar-refractivity contribution in [1.82, 2.24) is 30.3 Å². The van der Waals surface area contributed by atoms with Crippen molar-refractivity contribution in [3.63, 3.8) is 0 Å². The fourth-order valence-corrected chi connectivity index (χ4v) is 6.07. The van der Waals surface area contributed by atoms with Crippen molar-refractivity contribution in [2.45, 2.75) is 83.9 Å². The second kappa shape index (κ2) is 13.5. The molecule has 12 nitrogen and oxygen atoms in total. The van der Waals surface area contributed by atoms with Gasteiger partial charge in [-0.05, 0) is 64.7 Å². The molecule has 2 aromatic heterocycles. The number of halogens is 4. The number of ether oxygens (including phenoxy) is 1. The molecule has 3 aromatic rings. The molecule has 0 unspecified atom stereocenters. The van der Waals surface area contributed by atoms with E-state index < -0.39 is 47.0 Å². The zero-order valence-corrected chi connectivity index (χ0v) is 27.8. The highest BCUT2D eigenvalue weighted by Crippen LogP contribution is 2.33. The van der Waals surface area contributed by atoms with Crippen molar-refractivity contribution < 1.29 is 36.4 Å². The predicted octanol–water partition coefficient (Wildman–Crippen LogP) is 5.19. The van der Waals surface area contributed by atoms with Crippen LogP contribution in [0.4, 0.5) is 34.3 Å². The number of nitrogens with zero attached hydrogens (tertiary/aromatic N) is 7. The molecule has 2 fully saturated rings. The first-order valence-corrected chi connectivity index (χ1v) is 15.8. The molecule has 16 heteroatoms. The number of alkyl halides is 2. The van der Waals surface area contributed by atoms with Gasteiger partial charge in [0.1, 0.15) is 17.2 Å². The van der Waals surface area contributed by atoms with Crippen LogP contribution in [0.15, 0.2) is 29.0 Å². The second-order valence-electron chi connectivity index (χ2n) is 13.3. The molecule has 0 spiro atoms. The minimum Gasteiger partial charge on any atom is -0.444 e. The molecular weight excluding hydrogens is 636 g/mol. The SMILES string of the molecule is CCN(C(=O)c1cnc(N2C[C@H](NC(=O)OC(C)(C)C)[C@@H](c3cc(C)c(F)cc3F)C2)nc1)C1CCN(c2nc(C(C)(F)F)no2)CC1. The third kappa shape index (κ3) is 7.79. The molecule has 2 aliphatic heterocycles. The van der Waals surface area contributed by atoms with Crippen LogP contribution in [0.2, 0.25) is 0 Å². The molecule has 0 radical (unpaired) electrons. The van der Waals surface area contributed by atoms with Crippen molar-refractivity contribution in [3.05, 3.63) is 58.7 Å². The van der Waals surface area contributed by atoms with Gasteiger partial charge in [-0.15, -0.1) is 0 Å². The number of hydrogen-bond acceptors (Lipinski definition) is 10. The van der Waals surface area contributed by atoms with E-state index in [0.717, 1.165) is 6.07 Å². The van der Waals surface area contributed by atoms with Gasteiger partial charge in [-0.2, -0.15) is 13.8 Å². The molecule has 0 aliphatic carbocycles. The van der Waals surface area contributed by atoms with Crippen LogP contribution in [0.25, 0.3) is 0 Å². The lowest BCUT2D eigenvalue weighted by Crippen LogP contribution is -2.47. The van der Waals surface area contributed by atoms with Crippen LogP contribution in [0.1, 0.15) is 80.7 Å². The maximum absolute atomic E-state index is 15.0. The van der Waals surface area contributed by atoms with Crippen LogP contribution in [0.5, 0.6) is 0 Å². The maximum Gasteiger partial charge on any atom is 0.407 e. The van der Waals surface area contributed by atoms with Crippen LogP contribution < -0.4 is 15.1 Å². The quantitative estimate of drug-likeness (QED) is 0.319. The highest BCUT2D eigenvalue weighted by molar-refractivity contribution is 5.94. The molecule has 1 aromatic carbocycles. The number of amides is 2. The fraction of sp³-hybridized carbons (Fsp3) is 0.562. The summed E-state index contributed by atoms with van der Waals surface area (Å²) in [6.45, 7) is 11.0. The summed E-state index contributed by atoms with van der Waals surface area (Å²) >= 11 is 0. The molecule has 5 rings (SSSR count). The molecule has 2 atom stereocenters. The molecule has 0 bridgehead atoms. The van der Waals surface area contributed by atoms with E-state index in [-0.39, 0.29) is 53.7 Å². The van der Waals surface area contributed by atoms with Gasteiger partial charge in [0, 0.05) is 70.1 Å². The van der Waals surface area contributed by atoms with Gasteiger partial charge in [0.15, 0.2) is 0 Å². The van der Waals surface area contributed by atoms with E-state index in [2.05, 4.69) is 25.4 Å². The average molecular weight is 677 g/mol. The molecule has 48 heavy (non-hydrogen) atoms. The van der Waals surface area contributed by atoms with Crippen molar-refractivity contribution in [2.75, 3.05) is 42.5 Å². The van der Waals surface area contributed by atoms with Crippen molar-refractivity contribution >= 4 is 24.0 Å². The number of hydrogen-bond donors (Lipinski definition) is 1. The maximum atomic E-state index is 15.0. The van der Waals surface area contributed by atoms with E-state index >= 15 is 4.39 Å². The summed E-state index contributed by atoms with van der Waals surface area (Å²) in [5.74, 6) is -5.83. The van der Waals surface area contributed by atoms with Crippen molar-refractivity contribution in [3.8, 4) is 0 Å². The lowest BCUT2D eigenvalue weighted by molar-refractivity contribution is 0.00557. The first-order chi connectivity index (χ1) is 22.5. The van der Waals surface area contributed by atoms with Crippen LogP contribution >= 0.6 is 0 Å². The number of carbonyl (C=O) groups excluding carboxylic acids is 2. The lowest BCUT2D eigenvalue weighted by atomic mass is 9.92. The molecule has 2 saturated heterocycles. The van der Waals surface area contributed by atoms with E-state index in [1.165, 1.54) is 18.5 Å². The number of carbonyl (C=O) groups is 2. The molecular formula is C32H40F4N8O4. The van der Waals surface area contributed by atoms with Gasteiger partial charge >= 0.3 is 18.0 Å². The minimum absolute atomic E-state index is 0.0216. The third-order valence-electron chi connectivity index (χ3n) is 8.45. The minimum atomic E-state index is -3.21. The molecule has 1 N–H and O–H groups in total. The number of aromatic nitrogens is 4. The Bertz CT molecular complexity index is 1620. The van der Waals surface area contributed by atoms with Gasteiger partial charge in [-0.3, -0.25) is 4.79 Å². The highest BCUT2D eigenvalue weighted by atomic mass is 19.3. The summed E-state index contributed by atoms with van der Waals surface area (Å²) in [6.07, 6.45) is 3.30. The van der Waals surface area contributed by atoms with E-state index in [1.807, 2.05) is 6.92 Å². The number of aryl methyl sites for hydroxylation is 1. The summed E-state index contributed by atoms with van der Waals surface area (Å²) < 4.78 is 66.7. The van der Waals surface area contributed by atoms with Gasteiger partial charge in [0.2, 0.25) is 11.8 Å². The smallest absolute Gasteiger partial charge is 0.407 e. The van der Waals surface area contributed by atoms with Crippen LogP contribution in [0.3, 0.4) is 0 Å². The normalized spacial score (nSPS) is 19.0. The van der Waals surface area contributed by atoms with Gasteiger partial charge in [-0.1, -0.05) is 5.16 Å². The zero-order valence-electron chi connectivity index (χ0n) is 27.8. The monoisotopic (exact) mass is 676 g/mol. The summed E-state index contributed by atoms with van der Waals surface area (Å²) in [6, 6.07) is 1.57. The lowest BCUT2D eigenvalue weighted by Gasteiger charge is -2.37. The Hall–Kier alpha value is -4.50. The molecule has 2 amide bonds. The second-order valence-corrected chi connectivity index (χ2v) is 13.3. The summed E-state index contributed by atoms with van der Waals surface area (Å²) in [5, 5.41) is 6.21. The van der Waals surface area contributed by atoms with E-state index in [4.69, 9.17) is 9.26 Å². The molecule has 260 valence electrons. The zero-order chi connectivity index (χ0) is 35.0. The topological polar surface area (TPSA) is 130 Å². The molecule has 4 heterocycles. The number of nitrogens with one attached hydrogen (secondary N) is 1. The number of rotatable bonds is 8. The summed E-state index contributed by atoms with van der Waals surface area (Å²) in [4.78, 5) is 44.2. The van der Waals surface area contributed by atoms with Crippen molar-refractivity contribution in [1.29, 1.82) is 0 Å². The summed E-state index contributed by atoms with van der Waals surface area (Å²) in [7, 11) is 0. The number of alkyl carbamates (subject to hydrolysis) is 1. The Morgan fingerprint density at radius 1 is 1.04 bits per heavy atom. The Balaban J connectivity index is 1.27.